The minimum atomic E-state index is -1.02. The first-order valence-electron chi connectivity index (χ1n) is 8.42. The van der Waals surface area contributed by atoms with Crippen molar-refractivity contribution in [3.63, 3.8) is 0 Å². The van der Waals surface area contributed by atoms with E-state index in [0.717, 1.165) is 6.42 Å². The third kappa shape index (κ3) is 5.55. The number of anilines is 1. The lowest BCUT2D eigenvalue weighted by atomic mass is 10.1. The molecule has 0 heterocycles. The molecule has 1 atom stereocenters. The summed E-state index contributed by atoms with van der Waals surface area (Å²) in [6.07, 6.45) is 0.157. The van der Waals surface area contributed by atoms with Crippen molar-refractivity contribution in [2.45, 2.75) is 32.8 Å². The number of amides is 1. The molecular weight excluding hydrogens is 389 g/mol. The molecule has 2 aromatic carbocycles. The maximum absolute atomic E-state index is 12.5. The smallest absolute Gasteiger partial charge is 0.341 e. The van der Waals surface area contributed by atoms with Gasteiger partial charge in [0.1, 0.15) is 0 Å². The molecule has 0 aliphatic rings. The van der Waals surface area contributed by atoms with Crippen LogP contribution in [0.15, 0.2) is 42.5 Å². The second-order valence-corrected chi connectivity index (χ2v) is 6.70. The van der Waals surface area contributed by atoms with Crippen LogP contribution >= 0.6 is 23.2 Å². The molecule has 27 heavy (non-hydrogen) atoms. The van der Waals surface area contributed by atoms with Crippen molar-refractivity contribution >= 4 is 46.5 Å². The zero-order chi connectivity index (χ0) is 20.0. The first kappa shape index (κ1) is 20.9. The summed E-state index contributed by atoms with van der Waals surface area (Å²) >= 11 is 12.0. The zero-order valence-corrected chi connectivity index (χ0v) is 16.4. The van der Waals surface area contributed by atoms with Crippen LogP contribution in [0.4, 0.5) is 5.69 Å². The van der Waals surface area contributed by atoms with E-state index in [-0.39, 0.29) is 27.3 Å². The topological polar surface area (TPSA) is 72.5 Å². The number of Topliss-reactive ketones (excluding diaryl/α,β-unsaturated/α-hetero) is 1. The summed E-state index contributed by atoms with van der Waals surface area (Å²) in [5, 5.41) is 3.04. The maximum atomic E-state index is 12.5. The van der Waals surface area contributed by atoms with E-state index in [0.29, 0.717) is 17.7 Å². The fraction of sp³-hybridized carbons (Fsp3) is 0.250. The van der Waals surface area contributed by atoms with Crippen LogP contribution < -0.4 is 5.32 Å². The predicted molar refractivity (Wildman–Crippen MR) is 106 cm³/mol. The molecule has 2 aromatic rings. The van der Waals surface area contributed by atoms with Gasteiger partial charge >= 0.3 is 5.97 Å². The summed E-state index contributed by atoms with van der Waals surface area (Å²) < 4.78 is 5.21. The molecule has 5 nitrogen and oxygen atoms in total. The van der Waals surface area contributed by atoms with Crippen molar-refractivity contribution in [2.24, 2.45) is 0 Å². The van der Waals surface area contributed by atoms with Crippen molar-refractivity contribution in [3.8, 4) is 0 Å². The third-order valence-electron chi connectivity index (χ3n) is 3.75. The van der Waals surface area contributed by atoms with Gasteiger partial charge in [0.25, 0.3) is 0 Å². The van der Waals surface area contributed by atoms with Gasteiger partial charge in [0, 0.05) is 17.7 Å². The number of halogens is 2. The Labute approximate surface area is 167 Å². The van der Waals surface area contributed by atoms with Crippen molar-refractivity contribution < 1.29 is 19.1 Å². The van der Waals surface area contributed by atoms with Crippen LogP contribution in [0.5, 0.6) is 0 Å². The van der Waals surface area contributed by atoms with Crippen molar-refractivity contribution in [1.82, 2.24) is 0 Å². The number of hydrogen-bond donors (Lipinski definition) is 1. The van der Waals surface area contributed by atoms with Gasteiger partial charge in [0.05, 0.1) is 15.6 Å². The second kappa shape index (κ2) is 9.53. The molecule has 0 saturated heterocycles. The van der Waals surface area contributed by atoms with Crippen molar-refractivity contribution in [1.29, 1.82) is 0 Å². The van der Waals surface area contributed by atoms with E-state index in [9.17, 15) is 14.4 Å². The minimum absolute atomic E-state index is 0.0227. The largest absolute Gasteiger partial charge is 0.451 e. The van der Waals surface area contributed by atoms with E-state index in [1.807, 2.05) is 6.92 Å². The first-order chi connectivity index (χ1) is 12.8. The van der Waals surface area contributed by atoms with Crippen LogP contribution in [-0.2, 0) is 9.53 Å². The van der Waals surface area contributed by atoms with E-state index in [1.165, 1.54) is 19.1 Å². The van der Waals surface area contributed by atoms with Gasteiger partial charge in [-0.1, -0.05) is 36.2 Å². The standard InChI is InChI=1S/C20H19Cl2NO4/c1-3-5-17(24)23-14-10-8-13(9-11-14)19(25)12(2)27-20(26)18-15(21)6-4-7-16(18)22/h4,6-12H,3,5H2,1-2H3,(H,23,24). The van der Waals surface area contributed by atoms with Crippen LogP contribution in [0.1, 0.15) is 47.4 Å². The van der Waals surface area contributed by atoms with Gasteiger partial charge in [0.15, 0.2) is 6.10 Å². The third-order valence-corrected chi connectivity index (χ3v) is 4.38. The van der Waals surface area contributed by atoms with E-state index >= 15 is 0 Å². The highest BCUT2D eigenvalue weighted by Crippen LogP contribution is 2.25. The predicted octanol–water partition coefficient (Wildman–Crippen LogP) is 5.16. The fourth-order valence-corrected chi connectivity index (χ4v) is 2.92. The molecule has 1 N–H and O–H groups in total. The molecule has 7 heteroatoms. The number of esters is 1. The number of carbonyl (C=O) groups is 3. The SMILES string of the molecule is CCCC(=O)Nc1ccc(C(=O)C(C)OC(=O)c2c(Cl)cccc2Cl)cc1. The molecule has 0 aliphatic carbocycles. The second-order valence-electron chi connectivity index (χ2n) is 5.88. The lowest BCUT2D eigenvalue weighted by Crippen LogP contribution is -2.24. The Balaban J connectivity index is 2.04. The number of ketones is 1. The fourth-order valence-electron chi connectivity index (χ4n) is 2.37. The van der Waals surface area contributed by atoms with E-state index < -0.39 is 12.1 Å². The number of rotatable bonds is 7. The van der Waals surface area contributed by atoms with Crippen molar-refractivity contribution in [3.05, 3.63) is 63.6 Å². The highest BCUT2D eigenvalue weighted by Gasteiger charge is 2.23. The Morgan fingerprint density at radius 1 is 1.04 bits per heavy atom. The highest BCUT2D eigenvalue weighted by molar-refractivity contribution is 6.39. The van der Waals surface area contributed by atoms with Crippen LogP contribution in [0.25, 0.3) is 0 Å². The molecule has 0 aromatic heterocycles. The monoisotopic (exact) mass is 407 g/mol. The number of ether oxygens (including phenoxy) is 1. The maximum Gasteiger partial charge on any atom is 0.341 e. The van der Waals surface area contributed by atoms with Crippen LogP contribution in [-0.4, -0.2) is 23.8 Å². The summed E-state index contributed by atoms with van der Waals surface area (Å²) in [5.74, 6) is -1.23. The number of nitrogens with one attached hydrogen (secondary N) is 1. The van der Waals surface area contributed by atoms with Crippen molar-refractivity contribution in [2.75, 3.05) is 5.32 Å². The highest BCUT2D eigenvalue weighted by atomic mass is 35.5. The molecule has 1 unspecified atom stereocenters. The van der Waals surface area contributed by atoms with Crippen LogP contribution in [0.3, 0.4) is 0 Å². The van der Waals surface area contributed by atoms with Gasteiger partial charge in [-0.3, -0.25) is 9.59 Å². The van der Waals surface area contributed by atoms with E-state index in [1.54, 1.807) is 30.3 Å². The van der Waals surface area contributed by atoms with Gasteiger partial charge in [0.2, 0.25) is 11.7 Å². The first-order valence-corrected chi connectivity index (χ1v) is 9.18. The molecule has 0 aliphatic heterocycles. The average molecular weight is 408 g/mol. The molecule has 0 spiro atoms. The Hall–Kier alpha value is -2.37. The Morgan fingerprint density at radius 3 is 2.19 bits per heavy atom. The minimum Gasteiger partial charge on any atom is -0.451 e. The quantitative estimate of drug-likeness (QED) is 0.507. The molecule has 2 rings (SSSR count). The summed E-state index contributed by atoms with van der Waals surface area (Å²) in [7, 11) is 0. The molecule has 142 valence electrons. The number of carbonyl (C=O) groups excluding carboxylic acids is 3. The summed E-state index contributed by atoms with van der Waals surface area (Å²) in [4.78, 5) is 36.4. The lowest BCUT2D eigenvalue weighted by molar-refractivity contribution is -0.116. The molecule has 0 radical (unpaired) electrons. The average Bonchev–Trinajstić information content (AvgIpc) is 2.61. The zero-order valence-electron chi connectivity index (χ0n) is 14.9. The Bertz CT molecular complexity index is 829. The van der Waals surface area contributed by atoms with Crippen LogP contribution in [0.2, 0.25) is 10.0 Å². The molecular formula is C20H19Cl2NO4. The van der Waals surface area contributed by atoms with Gasteiger partial charge in [-0.15, -0.1) is 0 Å². The van der Waals surface area contributed by atoms with Gasteiger partial charge in [-0.05, 0) is 49.7 Å². The Kier molecular flexibility index (Phi) is 7.39. The molecule has 0 fully saturated rings. The van der Waals surface area contributed by atoms with E-state index in [2.05, 4.69) is 5.32 Å². The van der Waals surface area contributed by atoms with Gasteiger partial charge in [-0.2, -0.15) is 0 Å². The van der Waals surface area contributed by atoms with Gasteiger partial charge < -0.3 is 10.1 Å². The van der Waals surface area contributed by atoms with Crippen LogP contribution in [0, 0.1) is 0 Å². The molecule has 0 bridgehead atoms. The summed E-state index contributed by atoms with van der Waals surface area (Å²) in [6.45, 7) is 3.39. The van der Waals surface area contributed by atoms with E-state index in [4.69, 9.17) is 27.9 Å². The summed E-state index contributed by atoms with van der Waals surface area (Å²) in [5.41, 5.74) is 0.973. The number of benzene rings is 2. The Morgan fingerprint density at radius 2 is 1.63 bits per heavy atom. The number of hydrogen-bond acceptors (Lipinski definition) is 4. The summed E-state index contributed by atoms with van der Waals surface area (Å²) in [6, 6.07) is 11.0. The van der Waals surface area contributed by atoms with Gasteiger partial charge in [-0.25, -0.2) is 4.79 Å². The normalized spacial score (nSPS) is 11.6. The molecule has 1 amide bonds. The molecule has 0 saturated carbocycles. The lowest BCUT2D eigenvalue weighted by Gasteiger charge is -2.14.